The molecular weight excluding hydrogens is 392 g/mol. The number of piperazine rings is 1. The normalized spacial score (nSPS) is 14.6. The maximum absolute atomic E-state index is 13.3. The summed E-state index contributed by atoms with van der Waals surface area (Å²) < 4.78 is 1.73. The van der Waals surface area contributed by atoms with Crippen molar-refractivity contribution >= 4 is 39.8 Å². The molecule has 1 fully saturated rings. The van der Waals surface area contributed by atoms with Crippen LogP contribution in [-0.4, -0.2) is 45.7 Å². The Balaban J connectivity index is 1.69. The smallest absolute Gasteiger partial charge is 0.279 e. The number of thiophene rings is 2. The molecule has 4 aromatic heterocycles. The summed E-state index contributed by atoms with van der Waals surface area (Å²) in [6.45, 7) is 3.98. The largest absolute Gasteiger partial charge is 0.338 e. The van der Waals surface area contributed by atoms with Crippen molar-refractivity contribution < 1.29 is 0 Å². The number of anilines is 1. The fourth-order valence-corrected chi connectivity index (χ4v) is 4.72. The fraction of sp³-hybridized carbons (Fsp3) is 0.263. The number of rotatable bonds is 4. The molecule has 9 heteroatoms. The minimum absolute atomic E-state index is 0.117. The second kappa shape index (κ2) is 7.42. The van der Waals surface area contributed by atoms with E-state index in [0.717, 1.165) is 35.9 Å². The first-order valence-corrected chi connectivity index (χ1v) is 10.8. The molecule has 0 amide bonds. The average molecular weight is 411 g/mol. The molecule has 0 spiro atoms. The third kappa shape index (κ3) is 3.21. The van der Waals surface area contributed by atoms with Crippen molar-refractivity contribution in [1.29, 1.82) is 0 Å². The topological polar surface area (TPSA) is 75.9 Å². The molecule has 4 aromatic rings. The van der Waals surface area contributed by atoms with Gasteiger partial charge in [-0.1, -0.05) is 12.1 Å². The van der Waals surface area contributed by atoms with Crippen LogP contribution in [-0.2, 0) is 6.54 Å². The van der Waals surface area contributed by atoms with E-state index < -0.39 is 0 Å². The predicted molar refractivity (Wildman–Crippen MR) is 113 cm³/mol. The Morgan fingerprint density at radius 1 is 1.07 bits per heavy atom. The van der Waals surface area contributed by atoms with Crippen molar-refractivity contribution in [3.05, 3.63) is 56.5 Å². The molecule has 1 aliphatic rings. The molecule has 0 saturated carbocycles. The second-order valence-electron chi connectivity index (χ2n) is 6.52. The third-order valence-electron chi connectivity index (χ3n) is 4.72. The SMILES string of the molecule is O=c1c(-c2cccs2)nc2cnc(N3CCNCC3)nc2n1Cc1cccs1. The number of nitrogens with zero attached hydrogens (tertiary/aromatic N) is 5. The molecule has 0 bridgehead atoms. The zero-order valence-corrected chi connectivity index (χ0v) is 16.7. The molecule has 0 atom stereocenters. The van der Waals surface area contributed by atoms with E-state index in [1.807, 2.05) is 35.0 Å². The van der Waals surface area contributed by atoms with Gasteiger partial charge in [0.15, 0.2) is 5.65 Å². The lowest BCUT2D eigenvalue weighted by atomic mass is 10.3. The van der Waals surface area contributed by atoms with Crippen LogP contribution < -0.4 is 15.8 Å². The Hall–Kier alpha value is -2.62. The van der Waals surface area contributed by atoms with Crippen molar-refractivity contribution in [2.45, 2.75) is 6.54 Å². The highest BCUT2D eigenvalue weighted by molar-refractivity contribution is 7.13. The number of nitrogens with one attached hydrogen (secondary N) is 1. The van der Waals surface area contributed by atoms with Gasteiger partial charge in [0.25, 0.3) is 5.56 Å². The predicted octanol–water partition coefficient (Wildman–Crippen LogP) is 2.43. The Morgan fingerprint density at radius 2 is 1.89 bits per heavy atom. The molecular formula is C19H18N6OS2. The molecule has 1 N–H and O–H groups in total. The number of fused-ring (bicyclic) bond motifs is 1. The van der Waals surface area contributed by atoms with Gasteiger partial charge in [0.05, 0.1) is 17.6 Å². The Labute approximate surface area is 169 Å². The lowest BCUT2D eigenvalue weighted by Gasteiger charge is -2.27. The van der Waals surface area contributed by atoms with Crippen molar-refractivity contribution in [2.24, 2.45) is 0 Å². The highest BCUT2D eigenvalue weighted by Crippen LogP contribution is 2.23. The van der Waals surface area contributed by atoms with Gasteiger partial charge >= 0.3 is 0 Å². The lowest BCUT2D eigenvalue weighted by molar-refractivity contribution is 0.580. The maximum atomic E-state index is 13.3. The number of aromatic nitrogens is 4. The zero-order valence-electron chi connectivity index (χ0n) is 15.0. The van der Waals surface area contributed by atoms with Crippen LogP contribution in [0.25, 0.3) is 21.7 Å². The molecule has 0 radical (unpaired) electrons. The first-order chi connectivity index (χ1) is 13.8. The number of hydrogen-bond donors (Lipinski definition) is 1. The third-order valence-corrected chi connectivity index (χ3v) is 6.46. The zero-order chi connectivity index (χ0) is 18.9. The molecule has 5 rings (SSSR count). The molecule has 7 nitrogen and oxygen atoms in total. The van der Waals surface area contributed by atoms with Gasteiger partial charge in [-0.15, -0.1) is 22.7 Å². The van der Waals surface area contributed by atoms with Crippen molar-refractivity contribution in [3.8, 4) is 10.6 Å². The van der Waals surface area contributed by atoms with E-state index in [0.29, 0.717) is 29.4 Å². The van der Waals surface area contributed by atoms with Gasteiger partial charge in [0, 0.05) is 31.1 Å². The van der Waals surface area contributed by atoms with Crippen LogP contribution in [0.5, 0.6) is 0 Å². The minimum Gasteiger partial charge on any atom is -0.338 e. The molecule has 0 aliphatic carbocycles. The van der Waals surface area contributed by atoms with Crippen molar-refractivity contribution in [1.82, 2.24) is 24.8 Å². The highest BCUT2D eigenvalue weighted by Gasteiger charge is 2.19. The summed E-state index contributed by atoms with van der Waals surface area (Å²) in [6, 6.07) is 7.88. The molecule has 5 heterocycles. The van der Waals surface area contributed by atoms with Crippen LogP contribution in [0.4, 0.5) is 5.95 Å². The van der Waals surface area contributed by atoms with E-state index in [9.17, 15) is 4.79 Å². The van der Waals surface area contributed by atoms with E-state index in [1.54, 1.807) is 22.1 Å². The second-order valence-corrected chi connectivity index (χ2v) is 8.50. The Bertz CT molecular complexity index is 1150. The molecule has 28 heavy (non-hydrogen) atoms. The van der Waals surface area contributed by atoms with E-state index in [1.165, 1.54) is 11.3 Å². The summed E-state index contributed by atoms with van der Waals surface area (Å²) in [4.78, 5) is 31.3. The van der Waals surface area contributed by atoms with Gasteiger partial charge in [0.1, 0.15) is 11.2 Å². The first-order valence-electron chi connectivity index (χ1n) is 9.09. The Kier molecular flexibility index (Phi) is 4.63. The van der Waals surface area contributed by atoms with E-state index in [-0.39, 0.29) is 5.56 Å². The summed E-state index contributed by atoms with van der Waals surface area (Å²) in [5.74, 6) is 0.652. The van der Waals surface area contributed by atoms with Gasteiger partial charge in [0.2, 0.25) is 5.95 Å². The summed E-state index contributed by atoms with van der Waals surface area (Å²) in [7, 11) is 0. The molecule has 1 aliphatic heterocycles. The van der Waals surface area contributed by atoms with Crippen molar-refractivity contribution in [2.75, 3.05) is 31.1 Å². The van der Waals surface area contributed by atoms with Crippen LogP contribution in [0.15, 0.2) is 46.0 Å². The molecule has 142 valence electrons. The monoisotopic (exact) mass is 410 g/mol. The van der Waals surface area contributed by atoms with E-state index >= 15 is 0 Å². The van der Waals surface area contributed by atoms with Crippen LogP contribution in [0.1, 0.15) is 4.88 Å². The van der Waals surface area contributed by atoms with Crippen LogP contribution >= 0.6 is 22.7 Å². The van der Waals surface area contributed by atoms with Gasteiger partial charge in [-0.25, -0.2) is 9.97 Å². The van der Waals surface area contributed by atoms with Crippen molar-refractivity contribution in [3.63, 3.8) is 0 Å². The quantitative estimate of drug-likeness (QED) is 0.557. The first kappa shape index (κ1) is 17.5. The summed E-state index contributed by atoms with van der Waals surface area (Å²) in [5.41, 5.74) is 1.56. The van der Waals surface area contributed by atoms with Crippen LogP contribution in [0.3, 0.4) is 0 Å². The average Bonchev–Trinajstić information content (AvgIpc) is 3.44. The fourth-order valence-electron chi connectivity index (χ4n) is 3.32. The highest BCUT2D eigenvalue weighted by atomic mass is 32.1. The van der Waals surface area contributed by atoms with Crippen LogP contribution in [0.2, 0.25) is 0 Å². The molecule has 0 aromatic carbocycles. The summed E-state index contributed by atoms with van der Waals surface area (Å²) in [5, 5.41) is 7.30. The molecule has 1 saturated heterocycles. The van der Waals surface area contributed by atoms with E-state index in [2.05, 4.69) is 20.2 Å². The van der Waals surface area contributed by atoms with Gasteiger partial charge < -0.3 is 10.2 Å². The summed E-state index contributed by atoms with van der Waals surface area (Å²) >= 11 is 3.14. The maximum Gasteiger partial charge on any atom is 0.279 e. The Morgan fingerprint density at radius 3 is 2.64 bits per heavy atom. The van der Waals surface area contributed by atoms with Crippen LogP contribution in [0, 0.1) is 0 Å². The lowest BCUT2D eigenvalue weighted by Crippen LogP contribution is -2.44. The molecule has 0 unspecified atom stereocenters. The minimum atomic E-state index is -0.117. The van der Waals surface area contributed by atoms with E-state index in [4.69, 9.17) is 4.98 Å². The standard InChI is InChI=1S/C19H18N6OS2/c26-18-16(15-4-2-10-28-15)22-14-11-21-19(24-7-5-20-6-8-24)23-17(14)25(18)12-13-3-1-9-27-13/h1-4,9-11,20H,5-8,12H2. The van der Waals surface area contributed by atoms with Gasteiger partial charge in [-0.2, -0.15) is 4.98 Å². The van der Waals surface area contributed by atoms with Gasteiger partial charge in [-0.05, 0) is 22.9 Å². The van der Waals surface area contributed by atoms with Gasteiger partial charge in [-0.3, -0.25) is 9.36 Å². The summed E-state index contributed by atoms with van der Waals surface area (Å²) in [6.07, 6.45) is 1.74. The number of hydrogen-bond acceptors (Lipinski definition) is 8.